The Labute approximate surface area is 89.4 Å². The first-order valence-corrected chi connectivity index (χ1v) is 4.97. The average molecular weight is 196 g/mol. The molecule has 1 atom stereocenters. The highest BCUT2D eigenvalue weighted by molar-refractivity contribution is 5.71. The second kappa shape index (κ2) is 4.56. The molecule has 0 aromatic heterocycles. The van der Waals surface area contributed by atoms with E-state index in [9.17, 15) is 4.79 Å². The molecule has 0 saturated heterocycles. The normalized spacial score (nSPS) is 21.9. The largest absolute Gasteiger partial charge is 0.302 e. The highest BCUT2D eigenvalue weighted by atomic mass is 16.1. The molecule has 0 fully saturated rings. The summed E-state index contributed by atoms with van der Waals surface area (Å²) in [5, 5.41) is 0. The zero-order chi connectivity index (χ0) is 10.5. The van der Waals surface area contributed by atoms with Crippen LogP contribution in [0.3, 0.4) is 0 Å². The van der Waals surface area contributed by atoms with Gasteiger partial charge in [-0.3, -0.25) is 0 Å². The molecule has 0 bridgehead atoms. The summed E-state index contributed by atoms with van der Waals surface area (Å²) >= 11 is 0. The first-order valence-electron chi connectivity index (χ1n) is 4.97. The van der Waals surface area contributed by atoms with Crippen LogP contribution in [0.2, 0.25) is 0 Å². The summed E-state index contributed by atoms with van der Waals surface area (Å²) in [4.78, 5) is 10.8. The van der Waals surface area contributed by atoms with E-state index in [1.807, 2.05) is 60.7 Å². The summed E-state index contributed by atoms with van der Waals surface area (Å²) in [7, 11) is 0. The monoisotopic (exact) mass is 196 g/mol. The van der Waals surface area contributed by atoms with Crippen LogP contribution in [-0.4, -0.2) is 6.29 Å². The van der Waals surface area contributed by atoms with Crippen LogP contribution in [-0.2, 0) is 4.79 Å². The van der Waals surface area contributed by atoms with Crippen molar-refractivity contribution in [3.05, 3.63) is 65.8 Å². The van der Waals surface area contributed by atoms with Crippen LogP contribution < -0.4 is 0 Å². The van der Waals surface area contributed by atoms with Crippen molar-refractivity contribution >= 4 is 12.4 Å². The number of allylic oxidation sites excluding steroid dienone is 5. The van der Waals surface area contributed by atoms with Gasteiger partial charge in [0, 0.05) is 0 Å². The van der Waals surface area contributed by atoms with Crippen molar-refractivity contribution in [1.29, 1.82) is 0 Å². The van der Waals surface area contributed by atoms with E-state index >= 15 is 0 Å². The third kappa shape index (κ3) is 2.32. The van der Waals surface area contributed by atoms with Gasteiger partial charge in [-0.2, -0.15) is 0 Å². The van der Waals surface area contributed by atoms with Gasteiger partial charge in [0.1, 0.15) is 6.29 Å². The van der Waals surface area contributed by atoms with Crippen LogP contribution in [0.1, 0.15) is 5.56 Å². The SMILES string of the molecule is O=CC1C=CC=CC1=Cc1ccccc1. The summed E-state index contributed by atoms with van der Waals surface area (Å²) < 4.78 is 0. The molecule has 0 amide bonds. The summed E-state index contributed by atoms with van der Waals surface area (Å²) in [5.74, 6) is -0.102. The van der Waals surface area contributed by atoms with Gasteiger partial charge in [0.25, 0.3) is 0 Å². The fraction of sp³-hybridized carbons (Fsp3) is 0.0714. The van der Waals surface area contributed by atoms with E-state index in [4.69, 9.17) is 0 Å². The zero-order valence-corrected chi connectivity index (χ0v) is 8.34. The van der Waals surface area contributed by atoms with Crippen LogP contribution in [0, 0.1) is 5.92 Å². The van der Waals surface area contributed by atoms with Crippen molar-refractivity contribution in [2.45, 2.75) is 0 Å². The molecule has 1 aromatic rings. The van der Waals surface area contributed by atoms with Gasteiger partial charge in [-0.05, 0) is 11.1 Å². The molecule has 1 unspecified atom stereocenters. The fourth-order valence-corrected chi connectivity index (χ4v) is 1.58. The van der Waals surface area contributed by atoms with Crippen molar-refractivity contribution in [3.63, 3.8) is 0 Å². The minimum absolute atomic E-state index is 0.102. The molecule has 15 heavy (non-hydrogen) atoms. The molecule has 1 nitrogen and oxygen atoms in total. The van der Waals surface area contributed by atoms with Crippen molar-refractivity contribution in [1.82, 2.24) is 0 Å². The van der Waals surface area contributed by atoms with E-state index in [2.05, 4.69) is 0 Å². The molecular weight excluding hydrogens is 184 g/mol. The van der Waals surface area contributed by atoms with Crippen molar-refractivity contribution in [2.24, 2.45) is 5.92 Å². The molecule has 74 valence electrons. The quantitative estimate of drug-likeness (QED) is 0.664. The maximum absolute atomic E-state index is 10.8. The van der Waals surface area contributed by atoms with Gasteiger partial charge in [-0.15, -0.1) is 0 Å². The zero-order valence-electron chi connectivity index (χ0n) is 8.34. The Hall–Kier alpha value is -1.89. The Kier molecular flexibility index (Phi) is 2.93. The van der Waals surface area contributed by atoms with Gasteiger partial charge in [-0.1, -0.05) is 60.7 Å². The Bertz CT molecular complexity index is 424. The van der Waals surface area contributed by atoms with E-state index in [0.717, 1.165) is 17.4 Å². The number of carbonyl (C=O) groups excluding carboxylic acids is 1. The smallest absolute Gasteiger partial charge is 0.131 e. The van der Waals surface area contributed by atoms with Gasteiger partial charge in [-0.25, -0.2) is 0 Å². The highest BCUT2D eigenvalue weighted by Gasteiger charge is 2.09. The fourth-order valence-electron chi connectivity index (χ4n) is 1.58. The van der Waals surface area contributed by atoms with Crippen molar-refractivity contribution in [2.75, 3.05) is 0 Å². The van der Waals surface area contributed by atoms with Crippen molar-refractivity contribution in [3.8, 4) is 0 Å². The standard InChI is InChI=1S/C14H12O/c15-11-14-9-5-4-8-13(14)10-12-6-2-1-3-7-12/h1-11,14H. The van der Waals surface area contributed by atoms with E-state index in [1.165, 1.54) is 0 Å². The number of hydrogen-bond acceptors (Lipinski definition) is 1. The van der Waals surface area contributed by atoms with Gasteiger partial charge in [0.05, 0.1) is 5.92 Å². The molecule has 0 radical (unpaired) electrons. The molecule has 0 saturated carbocycles. The second-order valence-corrected chi connectivity index (χ2v) is 3.46. The lowest BCUT2D eigenvalue weighted by atomic mass is 9.94. The summed E-state index contributed by atoms with van der Waals surface area (Å²) in [6.45, 7) is 0. The maximum Gasteiger partial charge on any atom is 0.131 e. The van der Waals surface area contributed by atoms with Gasteiger partial charge in [0.15, 0.2) is 0 Å². The molecule has 1 aromatic carbocycles. The number of hydrogen-bond donors (Lipinski definition) is 0. The first-order chi connectivity index (χ1) is 7.40. The average Bonchev–Trinajstić information content (AvgIpc) is 2.31. The third-order valence-corrected chi connectivity index (χ3v) is 2.38. The Morgan fingerprint density at radius 2 is 1.87 bits per heavy atom. The lowest BCUT2D eigenvalue weighted by Gasteiger charge is -2.09. The molecule has 0 spiro atoms. The number of carbonyl (C=O) groups is 1. The Balaban J connectivity index is 2.30. The van der Waals surface area contributed by atoms with Gasteiger partial charge in [0.2, 0.25) is 0 Å². The second-order valence-electron chi connectivity index (χ2n) is 3.46. The number of aldehydes is 1. The third-order valence-electron chi connectivity index (χ3n) is 2.38. The molecular formula is C14H12O. The summed E-state index contributed by atoms with van der Waals surface area (Å²) in [6, 6.07) is 10.0. The minimum Gasteiger partial charge on any atom is -0.302 e. The molecule has 2 rings (SSSR count). The lowest BCUT2D eigenvalue weighted by molar-refractivity contribution is -0.109. The first kappa shape index (κ1) is 9.66. The maximum atomic E-state index is 10.8. The predicted molar refractivity (Wildman–Crippen MR) is 62.3 cm³/mol. The van der Waals surface area contributed by atoms with Crippen LogP contribution in [0.15, 0.2) is 60.2 Å². The van der Waals surface area contributed by atoms with E-state index < -0.39 is 0 Å². The number of rotatable bonds is 2. The van der Waals surface area contributed by atoms with Crippen molar-refractivity contribution < 1.29 is 4.79 Å². The minimum atomic E-state index is -0.102. The highest BCUT2D eigenvalue weighted by Crippen LogP contribution is 2.19. The van der Waals surface area contributed by atoms with Crippen LogP contribution >= 0.6 is 0 Å². The molecule has 0 heterocycles. The molecule has 0 aliphatic heterocycles. The summed E-state index contributed by atoms with van der Waals surface area (Å²) in [5.41, 5.74) is 2.16. The molecule has 1 aliphatic carbocycles. The Morgan fingerprint density at radius 1 is 1.07 bits per heavy atom. The van der Waals surface area contributed by atoms with Gasteiger partial charge >= 0.3 is 0 Å². The van der Waals surface area contributed by atoms with Crippen LogP contribution in [0.4, 0.5) is 0 Å². The van der Waals surface area contributed by atoms with Gasteiger partial charge < -0.3 is 4.79 Å². The molecule has 1 aliphatic rings. The topological polar surface area (TPSA) is 17.1 Å². The lowest BCUT2D eigenvalue weighted by Crippen LogP contribution is -2.02. The molecule has 1 heteroatoms. The van der Waals surface area contributed by atoms with Crippen LogP contribution in [0.5, 0.6) is 0 Å². The van der Waals surface area contributed by atoms with E-state index in [1.54, 1.807) is 0 Å². The number of benzene rings is 1. The van der Waals surface area contributed by atoms with E-state index in [0.29, 0.717) is 0 Å². The van der Waals surface area contributed by atoms with Crippen LogP contribution in [0.25, 0.3) is 6.08 Å². The predicted octanol–water partition coefficient (Wildman–Crippen LogP) is 3.01. The molecule has 0 N–H and O–H groups in total. The van der Waals surface area contributed by atoms with E-state index in [-0.39, 0.29) is 5.92 Å². The Morgan fingerprint density at radius 3 is 2.60 bits per heavy atom. The summed E-state index contributed by atoms with van der Waals surface area (Å²) in [6.07, 6.45) is 10.7.